The molecule has 0 amide bonds. The molecular weight excluding hydrogens is 362 g/mol. The fourth-order valence-corrected chi connectivity index (χ4v) is 1.72. The topological polar surface area (TPSA) is 128 Å². The number of hydrogen-bond donors (Lipinski definition) is 0. The van der Waals surface area contributed by atoms with Crippen LogP contribution in [0.1, 0.15) is 41.5 Å². The third kappa shape index (κ3) is 5.43. The molecule has 0 bridgehead atoms. The third-order valence-corrected chi connectivity index (χ3v) is 2.59. The summed E-state index contributed by atoms with van der Waals surface area (Å²) in [6.07, 6.45) is -2.86. The maximum Gasteiger partial charge on any atom is 0.438 e. The van der Waals surface area contributed by atoms with Crippen molar-refractivity contribution in [2.24, 2.45) is 0 Å². The maximum absolute atomic E-state index is 12.5. The Morgan fingerprint density at radius 1 is 0.852 bits per heavy atom. The van der Waals surface area contributed by atoms with Gasteiger partial charge in [0.25, 0.3) is 0 Å². The predicted octanol–water partition coefficient (Wildman–Crippen LogP) is 1.55. The summed E-state index contributed by atoms with van der Waals surface area (Å²) in [4.78, 5) is 61.7. The van der Waals surface area contributed by atoms with Gasteiger partial charge in [0.15, 0.2) is 0 Å². The third-order valence-electron chi connectivity index (χ3n) is 2.59. The quantitative estimate of drug-likeness (QED) is 0.554. The highest BCUT2D eigenvalue weighted by molar-refractivity contribution is 5.78. The number of carbonyl (C=O) groups is 3. The van der Waals surface area contributed by atoms with Gasteiger partial charge in [-0.05, 0) is 41.5 Å². The zero-order chi connectivity index (χ0) is 21.2. The molecule has 1 aromatic rings. The molecule has 0 aliphatic heterocycles. The molecule has 0 radical (unpaired) electrons. The first kappa shape index (κ1) is 21.9. The predicted molar refractivity (Wildman–Crippen MR) is 93.2 cm³/mol. The molecule has 0 saturated carbocycles. The van der Waals surface area contributed by atoms with Crippen LogP contribution in [0.2, 0.25) is 0 Å². The van der Waals surface area contributed by atoms with E-state index in [4.69, 9.17) is 9.47 Å². The van der Waals surface area contributed by atoms with Gasteiger partial charge in [0.05, 0.1) is 0 Å². The molecule has 0 saturated heterocycles. The molecule has 0 atom stereocenters. The minimum Gasteiger partial charge on any atom is -0.444 e. The van der Waals surface area contributed by atoms with Crippen LogP contribution in [-0.2, 0) is 14.2 Å². The molecule has 11 nitrogen and oxygen atoms in total. The van der Waals surface area contributed by atoms with E-state index in [1.54, 1.807) is 0 Å². The van der Waals surface area contributed by atoms with Gasteiger partial charge >= 0.3 is 29.7 Å². The van der Waals surface area contributed by atoms with E-state index >= 15 is 0 Å². The summed E-state index contributed by atoms with van der Waals surface area (Å²) in [5.74, 6) is 0. The van der Waals surface area contributed by atoms with Crippen LogP contribution in [0.4, 0.5) is 14.4 Å². The van der Waals surface area contributed by atoms with Gasteiger partial charge in [0.1, 0.15) is 17.8 Å². The molecule has 0 N–H and O–H groups in total. The Morgan fingerprint density at radius 2 is 1.22 bits per heavy atom. The number of aromatic nitrogens is 3. The number of rotatable bonds is 2. The summed E-state index contributed by atoms with van der Waals surface area (Å²) in [5.41, 5.74) is -4.96. The van der Waals surface area contributed by atoms with Gasteiger partial charge in [-0.3, -0.25) is 0 Å². The van der Waals surface area contributed by atoms with E-state index in [0.29, 0.717) is 0 Å². The van der Waals surface area contributed by atoms with E-state index in [9.17, 15) is 24.0 Å². The molecule has 1 rings (SSSR count). The number of ether oxygens (including phenoxy) is 3. The van der Waals surface area contributed by atoms with Crippen molar-refractivity contribution in [3.05, 3.63) is 33.6 Å². The Morgan fingerprint density at radius 3 is 1.52 bits per heavy atom. The SMILES string of the molecule is C=CCOC(=O)n1c(=O)n(C(=O)OC(C)(C)C)n(C(=O)OC(C)(C)C)c1=O. The van der Waals surface area contributed by atoms with Crippen molar-refractivity contribution in [2.45, 2.75) is 52.7 Å². The number of nitrogens with zero attached hydrogens (tertiary/aromatic N) is 3. The van der Waals surface area contributed by atoms with E-state index in [1.165, 1.54) is 47.6 Å². The smallest absolute Gasteiger partial charge is 0.438 e. The second-order valence-electron chi connectivity index (χ2n) is 7.35. The minimum absolute atomic E-state index is 0.0165. The Bertz CT molecular complexity index is 814. The summed E-state index contributed by atoms with van der Waals surface area (Å²) < 4.78 is 14.8. The van der Waals surface area contributed by atoms with Gasteiger partial charge in [0, 0.05) is 0 Å². The highest BCUT2D eigenvalue weighted by Crippen LogP contribution is 2.10. The van der Waals surface area contributed by atoms with Crippen molar-refractivity contribution < 1.29 is 28.6 Å². The van der Waals surface area contributed by atoms with Crippen molar-refractivity contribution in [2.75, 3.05) is 6.61 Å². The molecule has 1 aromatic heterocycles. The molecule has 0 aliphatic carbocycles. The molecule has 0 aliphatic rings. The summed E-state index contributed by atoms with van der Waals surface area (Å²) in [5, 5.41) is 0. The fraction of sp³-hybridized carbons (Fsp3) is 0.562. The van der Waals surface area contributed by atoms with Gasteiger partial charge in [-0.25, -0.2) is 24.0 Å². The standard InChI is InChI=1S/C16H23N3O8/c1-8-9-25-12(22)17-10(20)18(13(23)26-15(2,3)4)19(11(17)21)14(24)27-16(5,6)7/h8H,1,9H2,2-7H3. The van der Waals surface area contributed by atoms with Crippen LogP contribution in [0.15, 0.2) is 22.2 Å². The van der Waals surface area contributed by atoms with Crippen molar-refractivity contribution in [3.63, 3.8) is 0 Å². The van der Waals surface area contributed by atoms with Crippen LogP contribution in [-0.4, -0.2) is 50.0 Å². The van der Waals surface area contributed by atoms with E-state index in [0.717, 1.165) is 0 Å². The van der Waals surface area contributed by atoms with Gasteiger partial charge in [-0.2, -0.15) is 0 Å². The maximum atomic E-state index is 12.5. The molecule has 0 fully saturated rings. The average molecular weight is 385 g/mol. The molecule has 0 spiro atoms. The molecule has 1 heterocycles. The van der Waals surface area contributed by atoms with E-state index in [1.807, 2.05) is 0 Å². The van der Waals surface area contributed by atoms with Crippen LogP contribution in [0, 0.1) is 0 Å². The van der Waals surface area contributed by atoms with Crippen molar-refractivity contribution in [3.8, 4) is 0 Å². The van der Waals surface area contributed by atoms with Gasteiger partial charge in [-0.1, -0.05) is 12.7 Å². The van der Waals surface area contributed by atoms with E-state index < -0.39 is 40.9 Å². The molecular formula is C16H23N3O8. The zero-order valence-corrected chi connectivity index (χ0v) is 16.1. The lowest BCUT2D eigenvalue weighted by atomic mass is 10.2. The number of hydrogen-bond acceptors (Lipinski definition) is 8. The first-order chi connectivity index (χ1) is 12.2. The Balaban J connectivity index is 3.63. The van der Waals surface area contributed by atoms with Crippen molar-refractivity contribution in [1.29, 1.82) is 0 Å². The summed E-state index contributed by atoms with van der Waals surface area (Å²) >= 11 is 0. The Labute approximate surface area is 154 Å². The van der Waals surface area contributed by atoms with Crippen molar-refractivity contribution >= 4 is 18.3 Å². The molecule has 0 aromatic carbocycles. The lowest BCUT2D eigenvalue weighted by Crippen LogP contribution is -2.42. The molecule has 0 unspecified atom stereocenters. The summed E-state index contributed by atoms with van der Waals surface area (Å²) in [7, 11) is 0. The Hall–Kier alpha value is -3.11. The average Bonchev–Trinajstić information content (AvgIpc) is 2.72. The first-order valence-electron chi connectivity index (χ1n) is 7.91. The molecule has 150 valence electrons. The zero-order valence-electron chi connectivity index (χ0n) is 16.1. The van der Waals surface area contributed by atoms with Gasteiger partial charge < -0.3 is 14.2 Å². The summed E-state index contributed by atoms with van der Waals surface area (Å²) in [6.45, 7) is 12.1. The minimum atomic E-state index is -1.44. The first-order valence-corrected chi connectivity index (χ1v) is 7.91. The second-order valence-corrected chi connectivity index (χ2v) is 7.35. The lowest BCUT2D eigenvalue weighted by molar-refractivity contribution is 0.0357. The van der Waals surface area contributed by atoms with Crippen LogP contribution in [0.5, 0.6) is 0 Å². The van der Waals surface area contributed by atoms with Crippen LogP contribution in [0.3, 0.4) is 0 Å². The monoisotopic (exact) mass is 385 g/mol. The van der Waals surface area contributed by atoms with E-state index in [-0.39, 0.29) is 20.5 Å². The van der Waals surface area contributed by atoms with E-state index in [2.05, 4.69) is 11.3 Å². The fourth-order valence-electron chi connectivity index (χ4n) is 1.72. The lowest BCUT2D eigenvalue weighted by Gasteiger charge is -2.21. The normalized spacial score (nSPS) is 11.6. The van der Waals surface area contributed by atoms with Crippen LogP contribution in [0.25, 0.3) is 0 Å². The van der Waals surface area contributed by atoms with Gasteiger partial charge in [0.2, 0.25) is 0 Å². The largest absolute Gasteiger partial charge is 0.444 e. The van der Waals surface area contributed by atoms with Crippen molar-refractivity contribution in [1.82, 2.24) is 13.9 Å². The summed E-state index contributed by atoms with van der Waals surface area (Å²) in [6, 6.07) is 0. The van der Waals surface area contributed by atoms with Gasteiger partial charge in [-0.15, -0.1) is 13.9 Å². The van der Waals surface area contributed by atoms with Crippen LogP contribution >= 0.6 is 0 Å². The molecule has 27 heavy (non-hydrogen) atoms. The highest BCUT2D eigenvalue weighted by Gasteiger charge is 2.33. The second kappa shape index (κ2) is 7.64. The van der Waals surface area contributed by atoms with Crippen LogP contribution < -0.4 is 11.4 Å². The highest BCUT2D eigenvalue weighted by atomic mass is 16.6. The molecule has 11 heteroatoms. The Kier molecular flexibility index (Phi) is 6.21. The number of carbonyl (C=O) groups excluding carboxylic acids is 3.